The first-order chi connectivity index (χ1) is 8.08. The molecule has 2 heterocycles. The van der Waals surface area contributed by atoms with Gasteiger partial charge >= 0.3 is 5.97 Å². The van der Waals surface area contributed by atoms with Crippen molar-refractivity contribution in [3.8, 4) is 10.6 Å². The molecule has 90 valence electrons. The molecule has 0 saturated carbocycles. The zero-order chi connectivity index (χ0) is 12.4. The van der Waals surface area contributed by atoms with Crippen molar-refractivity contribution in [3.63, 3.8) is 0 Å². The number of nitrogens with zero attached hydrogens (tertiary/aromatic N) is 2. The molecule has 17 heavy (non-hydrogen) atoms. The van der Waals surface area contributed by atoms with Crippen LogP contribution >= 0.6 is 27.3 Å². The summed E-state index contributed by atoms with van der Waals surface area (Å²) in [6, 6.07) is 4.01. The summed E-state index contributed by atoms with van der Waals surface area (Å²) in [5.74, 6) is 0.000315. The monoisotopic (exact) mass is 314 g/mol. The van der Waals surface area contributed by atoms with E-state index < -0.39 is 5.97 Å². The van der Waals surface area contributed by atoms with Crippen LogP contribution in [0.1, 0.15) is 12.2 Å². The van der Waals surface area contributed by atoms with Gasteiger partial charge in [0.1, 0.15) is 5.82 Å². The van der Waals surface area contributed by atoms with Crippen LogP contribution in [-0.2, 0) is 18.3 Å². The molecule has 0 aliphatic rings. The van der Waals surface area contributed by atoms with Crippen LogP contribution in [0.5, 0.6) is 0 Å². The molecule has 0 saturated heterocycles. The number of hydrogen-bond donors (Lipinski definition) is 1. The van der Waals surface area contributed by atoms with Gasteiger partial charge in [-0.1, -0.05) is 0 Å². The maximum Gasteiger partial charge on any atom is 0.303 e. The van der Waals surface area contributed by atoms with E-state index in [-0.39, 0.29) is 6.42 Å². The minimum absolute atomic E-state index is 0.110. The third-order valence-electron chi connectivity index (χ3n) is 2.47. The van der Waals surface area contributed by atoms with E-state index in [1.54, 1.807) is 17.5 Å². The van der Waals surface area contributed by atoms with E-state index in [9.17, 15) is 4.79 Å². The van der Waals surface area contributed by atoms with Crippen LogP contribution in [0.15, 0.2) is 22.1 Å². The molecule has 0 radical (unpaired) electrons. The largest absolute Gasteiger partial charge is 0.481 e. The Morgan fingerprint density at radius 3 is 2.94 bits per heavy atom. The fraction of sp³-hybridized carbons (Fsp3) is 0.273. The smallest absolute Gasteiger partial charge is 0.303 e. The van der Waals surface area contributed by atoms with Gasteiger partial charge in [0.05, 0.1) is 27.0 Å². The lowest BCUT2D eigenvalue weighted by Gasteiger charge is -2.03. The highest BCUT2D eigenvalue weighted by Crippen LogP contribution is 2.31. The molecule has 0 spiro atoms. The highest BCUT2D eigenvalue weighted by Gasteiger charge is 2.11. The molecule has 0 unspecified atom stereocenters. The van der Waals surface area contributed by atoms with Gasteiger partial charge in [0.25, 0.3) is 0 Å². The molecule has 4 nitrogen and oxygen atoms in total. The molecule has 0 aliphatic heterocycles. The molecule has 0 fully saturated rings. The number of halogens is 1. The van der Waals surface area contributed by atoms with Gasteiger partial charge in [-0.15, -0.1) is 11.3 Å². The van der Waals surface area contributed by atoms with Crippen molar-refractivity contribution in [2.45, 2.75) is 12.8 Å². The SMILES string of the molecule is Cn1c(-c2ccc(Br)s2)cnc1CCC(=O)O. The highest BCUT2D eigenvalue weighted by molar-refractivity contribution is 9.11. The van der Waals surface area contributed by atoms with E-state index >= 15 is 0 Å². The summed E-state index contributed by atoms with van der Waals surface area (Å²) in [7, 11) is 1.91. The predicted octanol–water partition coefficient (Wildman–Crippen LogP) is 2.93. The van der Waals surface area contributed by atoms with E-state index in [1.165, 1.54) is 0 Å². The normalized spacial score (nSPS) is 10.7. The highest BCUT2D eigenvalue weighted by atomic mass is 79.9. The zero-order valence-electron chi connectivity index (χ0n) is 9.18. The Labute approximate surface area is 111 Å². The van der Waals surface area contributed by atoms with Crippen molar-refractivity contribution in [1.82, 2.24) is 9.55 Å². The van der Waals surface area contributed by atoms with Crippen LogP contribution in [0.4, 0.5) is 0 Å². The number of aromatic nitrogens is 2. The van der Waals surface area contributed by atoms with Gasteiger partial charge in [0, 0.05) is 13.5 Å². The van der Waals surface area contributed by atoms with E-state index in [4.69, 9.17) is 5.11 Å². The summed E-state index contributed by atoms with van der Waals surface area (Å²) >= 11 is 5.05. The second-order valence-electron chi connectivity index (χ2n) is 3.62. The quantitative estimate of drug-likeness (QED) is 0.944. The Kier molecular flexibility index (Phi) is 3.63. The van der Waals surface area contributed by atoms with Gasteiger partial charge in [-0.05, 0) is 28.1 Å². The Bertz CT molecular complexity index is 547. The molecule has 0 aromatic carbocycles. The molecular weight excluding hydrogens is 304 g/mol. The molecule has 0 atom stereocenters. The minimum Gasteiger partial charge on any atom is -0.481 e. The number of carboxylic acids is 1. The summed E-state index contributed by atoms with van der Waals surface area (Å²) < 4.78 is 3.02. The molecule has 0 aliphatic carbocycles. The summed E-state index contributed by atoms with van der Waals surface area (Å²) in [6.45, 7) is 0. The molecule has 2 aromatic rings. The molecule has 6 heteroatoms. The van der Waals surface area contributed by atoms with Crippen molar-refractivity contribution in [3.05, 3.63) is 27.9 Å². The molecule has 2 rings (SSSR count). The number of carboxylic acid groups (broad SMARTS) is 1. The number of imidazole rings is 1. The van der Waals surface area contributed by atoms with Crippen LogP contribution in [0.2, 0.25) is 0 Å². The first kappa shape index (κ1) is 12.3. The Morgan fingerprint density at radius 2 is 2.35 bits per heavy atom. The summed E-state index contributed by atoms with van der Waals surface area (Å²) in [4.78, 5) is 15.9. The van der Waals surface area contributed by atoms with Gasteiger partial charge in [0.15, 0.2) is 0 Å². The minimum atomic E-state index is -0.798. The number of hydrogen-bond acceptors (Lipinski definition) is 3. The van der Waals surface area contributed by atoms with Gasteiger partial charge < -0.3 is 9.67 Å². The predicted molar refractivity (Wildman–Crippen MR) is 70.2 cm³/mol. The van der Waals surface area contributed by atoms with Crippen LogP contribution in [0.3, 0.4) is 0 Å². The van der Waals surface area contributed by atoms with Crippen LogP contribution in [0.25, 0.3) is 10.6 Å². The molecule has 0 amide bonds. The van der Waals surface area contributed by atoms with Crippen molar-refractivity contribution in [2.75, 3.05) is 0 Å². The van der Waals surface area contributed by atoms with Gasteiger partial charge in [-0.25, -0.2) is 4.98 Å². The van der Waals surface area contributed by atoms with E-state index in [2.05, 4.69) is 20.9 Å². The fourth-order valence-electron chi connectivity index (χ4n) is 1.58. The van der Waals surface area contributed by atoms with E-state index in [0.717, 1.165) is 20.2 Å². The van der Waals surface area contributed by atoms with Gasteiger partial charge in [0.2, 0.25) is 0 Å². The Morgan fingerprint density at radius 1 is 1.59 bits per heavy atom. The van der Waals surface area contributed by atoms with E-state index in [1.807, 2.05) is 23.7 Å². The van der Waals surface area contributed by atoms with Crippen molar-refractivity contribution < 1.29 is 9.90 Å². The van der Waals surface area contributed by atoms with Crippen LogP contribution in [0, 0.1) is 0 Å². The standard InChI is InChI=1S/C11H11BrN2O2S/c1-14-7(8-2-3-9(12)17-8)6-13-10(14)4-5-11(15)16/h2-3,6H,4-5H2,1H3,(H,15,16). The molecule has 1 N–H and O–H groups in total. The number of rotatable bonds is 4. The fourth-order valence-corrected chi connectivity index (χ4v) is 3.01. The summed E-state index contributed by atoms with van der Waals surface area (Å²) in [6.07, 6.45) is 2.35. The lowest BCUT2D eigenvalue weighted by molar-refractivity contribution is -0.137. The molecular formula is C11H11BrN2O2S. The first-order valence-corrected chi connectivity index (χ1v) is 6.67. The third kappa shape index (κ3) is 2.76. The van der Waals surface area contributed by atoms with Crippen LogP contribution in [-0.4, -0.2) is 20.6 Å². The molecule has 2 aromatic heterocycles. The lowest BCUT2D eigenvalue weighted by Crippen LogP contribution is -2.03. The topological polar surface area (TPSA) is 55.1 Å². The second-order valence-corrected chi connectivity index (χ2v) is 6.08. The summed E-state index contributed by atoms with van der Waals surface area (Å²) in [5, 5.41) is 8.65. The van der Waals surface area contributed by atoms with Gasteiger partial charge in [-0.2, -0.15) is 0 Å². The Balaban J connectivity index is 2.23. The lowest BCUT2D eigenvalue weighted by atomic mass is 10.3. The third-order valence-corrected chi connectivity index (χ3v) is 4.12. The second kappa shape index (κ2) is 5.01. The van der Waals surface area contributed by atoms with Crippen molar-refractivity contribution in [2.24, 2.45) is 7.05 Å². The average molecular weight is 315 g/mol. The number of aliphatic carboxylic acids is 1. The number of carbonyl (C=O) groups is 1. The van der Waals surface area contributed by atoms with Crippen molar-refractivity contribution in [1.29, 1.82) is 0 Å². The van der Waals surface area contributed by atoms with E-state index in [0.29, 0.717) is 6.42 Å². The molecule has 0 bridgehead atoms. The van der Waals surface area contributed by atoms with Crippen LogP contribution < -0.4 is 0 Å². The van der Waals surface area contributed by atoms with Crippen molar-refractivity contribution >= 4 is 33.2 Å². The Hall–Kier alpha value is -1.14. The maximum absolute atomic E-state index is 10.5. The van der Waals surface area contributed by atoms with Gasteiger partial charge in [-0.3, -0.25) is 4.79 Å². The maximum atomic E-state index is 10.5. The average Bonchev–Trinajstić information content (AvgIpc) is 2.82. The number of thiophene rings is 1. The zero-order valence-corrected chi connectivity index (χ0v) is 11.6. The number of aryl methyl sites for hydroxylation is 1. The first-order valence-electron chi connectivity index (χ1n) is 5.06. The summed E-state index contributed by atoms with van der Waals surface area (Å²) in [5.41, 5.74) is 1.01.